The molecule has 0 saturated carbocycles. The van der Waals surface area contributed by atoms with Gasteiger partial charge in [-0.15, -0.1) is 0 Å². The Labute approximate surface area is 172 Å². The van der Waals surface area contributed by atoms with E-state index in [1.807, 2.05) is 17.7 Å². The van der Waals surface area contributed by atoms with Crippen molar-refractivity contribution in [2.75, 3.05) is 7.11 Å². The van der Waals surface area contributed by atoms with Crippen molar-refractivity contribution in [1.82, 2.24) is 4.72 Å². The molecule has 2 aromatic carbocycles. The number of benzene rings is 2. The smallest absolute Gasteiger partial charge is 0.279 e. The van der Waals surface area contributed by atoms with Crippen molar-refractivity contribution in [3.05, 3.63) is 63.6 Å². The molecule has 1 N–H and O–H groups in total. The molecule has 0 aliphatic carbocycles. The van der Waals surface area contributed by atoms with E-state index in [0.717, 1.165) is 5.57 Å². The molecule has 0 aromatic heterocycles. The monoisotopic (exact) mass is 438 g/mol. The molecule has 3 rings (SSSR count). The van der Waals surface area contributed by atoms with Gasteiger partial charge in [0.2, 0.25) is 0 Å². The van der Waals surface area contributed by atoms with Crippen molar-refractivity contribution in [1.29, 1.82) is 0 Å². The van der Waals surface area contributed by atoms with E-state index in [-0.39, 0.29) is 22.1 Å². The second-order valence-electron chi connectivity index (χ2n) is 6.08. The van der Waals surface area contributed by atoms with Crippen LogP contribution in [0.2, 0.25) is 10.0 Å². The van der Waals surface area contributed by atoms with Crippen LogP contribution in [-0.2, 0) is 14.8 Å². The lowest BCUT2D eigenvalue weighted by atomic mass is 10.1. The minimum Gasteiger partial charge on any atom is -0.497 e. The number of rotatable bonds is 5. The Bertz CT molecular complexity index is 1120. The zero-order chi connectivity index (χ0) is 20.5. The molecule has 1 heterocycles. The lowest BCUT2D eigenvalue weighted by Gasteiger charge is -2.10. The van der Waals surface area contributed by atoms with Gasteiger partial charge in [0.05, 0.1) is 17.8 Å². The molecule has 9 heteroatoms. The van der Waals surface area contributed by atoms with Crippen LogP contribution in [0.25, 0.3) is 5.70 Å². The Kier molecular flexibility index (Phi) is 5.79. The fraction of sp³-hybridized carbons (Fsp3) is 0.158. The molecule has 0 spiro atoms. The van der Waals surface area contributed by atoms with Gasteiger partial charge in [-0.2, -0.15) is 0 Å². The Hall–Kier alpha value is -2.35. The van der Waals surface area contributed by atoms with Crippen LogP contribution in [-0.4, -0.2) is 27.1 Å². The molecule has 1 aliphatic heterocycles. The molecule has 0 radical (unpaired) electrons. The average Bonchev–Trinajstić information content (AvgIpc) is 3.04. The van der Waals surface area contributed by atoms with Gasteiger partial charge in [-0.25, -0.2) is 18.1 Å². The van der Waals surface area contributed by atoms with Crippen LogP contribution < -0.4 is 9.46 Å². The zero-order valence-electron chi connectivity index (χ0n) is 15.0. The fourth-order valence-electron chi connectivity index (χ4n) is 2.73. The summed E-state index contributed by atoms with van der Waals surface area (Å²) in [6.07, 6.45) is 0.216. The van der Waals surface area contributed by atoms with Crippen molar-refractivity contribution >= 4 is 50.5 Å². The van der Waals surface area contributed by atoms with Crippen LogP contribution in [0, 0.1) is 0 Å². The molecule has 0 bridgehead atoms. The van der Waals surface area contributed by atoms with Crippen molar-refractivity contribution < 1.29 is 17.9 Å². The number of carbonyl (C=O) groups excluding carboxylic acids is 1. The summed E-state index contributed by atoms with van der Waals surface area (Å²) in [6, 6.07) is 11.3. The summed E-state index contributed by atoms with van der Waals surface area (Å²) in [5.74, 6) is -0.519. The lowest BCUT2D eigenvalue weighted by Crippen LogP contribution is -2.35. The molecule has 6 nitrogen and oxygen atoms in total. The zero-order valence-corrected chi connectivity index (χ0v) is 17.3. The van der Waals surface area contributed by atoms with Crippen LogP contribution in [0.15, 0.2) is 57.9 Å². The molecule has 2 aromatic rings. The van der Waals surface area contributed by atoms with E-state index in [9.17, 15) is 13.2 Å². The quantitative estimate of drug-likeness (QED) is 0.761. The van der Waals surface area contributed by atoms with E-state index in [4.69, 9.17) is 27.9 Å². The van der Waals surface area contributed by atoms with E-state index < -0.39 is 15.9 Å². The molecule has 1 amide bonds. The third kappa shape index (κ3) is 4.06. The molecule has 146 valence electrons. The highest BCUT2D eigenvalue weighted by Gasteiger charge is 2.28. The summed E-state index contributed by atoms with van der Waals surface area (Å²) in [7, 11) is -2.81. The number of hydrogen-bond acceptors (Lipinski definition) is 5. The highest BCUT2D eigenvalue weighted by atomic mass is 35.5. The number of amides is 1. The van der Waals surface area contributed by atoms with E-state index in [1.165, 1.54) is 25.3 Å². The summed E-state index contributed by atoms with van der Waals surface area (Å²) in [6.45, 7) is 1.82. The lowest BCUT2D eigenvalue weighted by molar-refractivity contribution is -0.113. The van der Waals surface area contributed by atoms with E-state index in [1.54, 1.807) is 18.2 Å². The Morgan fingerprint density at radius 2 is 1.86 bits per heavy atom. The number of sulfonamides is 1. The number of hydrogen-bond donors (Lipinski definition) is 1. The minimum absolute atomic E-state index is 0.0273. The van der Waals surface area contributed by atoms with Crippen LogP contribution in [0.5, 0.6) is 5.75 Å². The normalized spacial score (nSPS) is 14.1. The summed E-state index contributed by atoms with van der Waals surface area (Å²) >= 11 is 12.2. The highest BCUT2D eigenvalue weighted by molar-refractivity contribution is 7.90. The first-order chi connectivity index (χ1) is 13.2. The molecule has 0 saturated heterocycles. The Morgan fingerprint density at radius 1 is 1.14 bits per heavy atom. The van der Waals surface area contributed by atoms with Gasteiger partial charge in [0.25, 0.3) is 15.9 Å². The summed E-state index contributed by atoms with van der Waals surface area (Å²) < 4.78 is 32.3. The van der Waals surface area contributed by atoms with Gasteiger partial charge in [-0.3, -0.25) is 4.79 Å². The summed E-state index contributed by atoms with van der Waals surface area (Å²) in [5, 5.41) is 0.471. The maximum atomic E-state index is 12.6. The minimum atomic E-state index is -4.20. The fourth-order valence-corrected chi connectivity index (χ4v) is 4.45. The van der Waals surface area contributed by atoms with Gasteiger partial charge in [-0.1, -0.05) is 41.4 Å². The van der Waals surface area contributed by atoms with Crippen LogP contribution in [0.3, 0.4) is 0 Å². The summed E-state index contributed by atoms with van der Waals surface area (Å²) in [5.41, 5.74) is 2.14. The van der Waals surface area contributed by atoms with Crippen LogP contribution in [0.4, 0.5) is 0 Å². The Balaban J connectivity index is 1.86. The predicted molar refractivity (Wildman–Crippen MR) is 109 cm³/mol. The number of aliphatic imine (C=N–C) groups is 1. The average molecular weight is 439 g/mol. The second-order valence-corrected chi connectivity index (χ2v) is 8.54. The first-order valence-corrected chi connectivity index (χ1v) is 10.4. The molecule has 0 fully saturated rings. The standard InChI is InChI=1S/C19H16Cl2N2O4S/c1-11-9-16(22-18(11)13-5-3-4-6-14(13)20)19(24)23-28(25,26)17-10-12(27-2)7-8-15(17)21/h3-8,10H,9H2,1-2H3,(H,23,24). The number of methoxy groups -OCH3 is 1. The third-order valence-corrected chi connectivity index (χ3v) is 6.27. The summed E-state index contributed by atoms with van der Waals surface area (Å²) in [4.78, 5) is 16.6. The number of nitrogens with one attached hydrogen (secondary N) is 1. The van der Waals surface area contributed by atoms with Crippen molar-refractivity contribution in [3.63, 3.8) is 0 Å². The number of allylic oxidation sites excluding steroid dienone is 1. The number of ether oxygens (including phenoxy) is 1. The molecular weight excluding hydrogens is 423 g/mol. The van der Waals surface area contributed by atoms with Crippen molar-refractivity contribution in [2.24, 2.45) is 4.99 Å². The SMILES string of the molecule is COc1ccc(Cl)c(S(=O)(=O)NC(=O)C2=NC(c3ccccc3Cl)=C(C)C2)c1. The molecule has 0 atom stereocenters. The predicted octanol–water partition coefficient (Wildman–Crippen LogP) is 4.08. The van der Waals surface area contributed by atoms with E-state index in [2.05, 4.69) is 4.99 Å². The molecular formula is C19H16Cl2N2O4S. The third-order valence-electron chi connectivity index (χ3n) is 4.13. The largest absolute Gasteiger partial charge is 0.497 e. The van der Waals surface area contributed by atoms with Crippen molar-refractivity contribution in [3.8, 4) is 5.75 Å². The van der Waals surface area contributed by atoms with E-state index >= 15 is 0 Å². The maximum Gasteiger partial charge on any atom is 0.279 e. The number of halogens is 2. The van der Waals surface area contributed by atoms with Crippen molar-refractivity contribution in [2.45, 2.75) is 18.2 Å². The van der Waals surface area contributed by atoms with Gasteiger partial charge in [0.1, 0.15) is 16.4 Å². The first kappa shape index (κ1) is 20.4. The van der Waals surface area contributed by atoms with Gasteiger partial charge < -0.3 is 4.74 Å². The molecule has 1 aliphatic rings. The highest BCUT2D eigenvalue weighted by Crippen LogP contribution is 2.33. The van der Waals surface area contributed by atoms with Crippen LogP contribution in [0.1, 0.15) is 18.9 Å². The van der Waals surface area contributed by atoms with Gasteiger partial charge in [0.15, 0.2) is 0 Å². The van der Waals surface area contributed by atoms with Gasteiger partial charge in [0, 0.05) is 23.1 Å². The second kappa shape index (κ2) is 7.95. The number of nitrogens with zero attached hydrogens (tertiary/aromatic N) is 1. The molecule has 0 unspecified atom stereocenters. The van der Waals surface area contributed by atoms with E-state index in [0.29, 0.717) is 22.0 Å². The van der Waals surface area contributed by atoms with Gasteiger partial charge >= 0.3 is 0 Å². The van der Waals surface area contributed by atoms with Gasteiger partial charge in [-0.05, 0) is 30.7 Å². The topological polar surface area (TPSA) is 84.8 Å². The maximum absolute atomic E-state index is 12.6. The number of carbonyl (C=O) groups is 1. The first-order valence-electron chi connectivity index (χ1n) is 8.16. The Morgan fingerprint density at radius 3 is 2.54 bits per heavy atom. The van der Waals surface area contributed by atoms with Crippen LogP contribution >= 0.6 is 23.2 Å². The molecule has 28 heavy (non-hydrogen) atoms.